The summed E-state index contributed by atoms with van der Waals surface area (Å²) in [5.41, 5.74) is 0. The number of allylic oxidation sites excluding steroid dienone is 2. The van der Waals surface area contributed by atoms with Gasteiger partial charge in [0.2, 0.25) is 0 Å². The number of hydrogen-bond donors (Lipinski definition) is 1. The molecule has 0 spiro atoms. The Labute approximate surface area is 80.2 Å². The number of aliphatic hydroxyl groups excluding tert-OH is 1. The molecular weight excluding hydrogens is 162 g/mol. The minimum absolute atomic E-state index is 0.365. The molecule has 2 rings (SSSR count). The van der Waals surface area contributed by atoms with Gasteiger partial charge < -0.3 is 10.0 Å². The molecule has 4 atom stereocenters. The van der Waals surface area contributed by atoms with Gasteiger partial charge in [0.1, 0.15) is 0 Å². The van der Waals surface area contributed by atoms with Gasteiger partial charge in [-0.2, -0.15) is 0 Å². The third kappa shape index (κ3) is 1.53. The Hall–Kier alpha value is -0.340. The largest absolute Gasteiger partial charge is 0.396 e. The lowest BCUT2D eigenvalue weighted by molar-refractivity contribution is 0.143. The molecule has 2 bridgehead atoms. The average Bonchev–Trinajstić information content (AvgIpc) is 2.62. The predicted molar refractivity (Wildman–Crippen MR) is 53.4 cm³/mol. The van der Waals surface area contributed by atoms with Gasteiger partial charge in [-0.3, -0.25) is 0 Å². The summed E-state index contributed by atoms with van der Waals surface area (Å²) < 4.78 is 0. The van der Waals surface area contributed by atoms with Crippen LogP contribution in [0.4, 0.5) is 0 Å². The summed E-state index contributed by atoms with van der Waals surface area (Å²) in [4.78, 5) is 2.24. The quantitative estimate of drug-likeness (QED) is 0.656. The van der Waals surface area contributed by atoms with Gasteiger partial charge in [0, 0.05) is 13.2 Å². The van der Waals surface area contributed by atoms with Gasteiger partial charge in [-0.1, -0.05) is 12.2 Å². The van der Waals surface area contributed by atoms with Crippen LogP contribution in [0.2, 0.25) is 0 Å². The molecular formula is C11H19NO. The minimum Gasteiger partial charge on any atom is -0.396 e. The Morgan fingerprint density at radius 3 is 2.38 bits per heavy atom. The molecule has 1 saturated carbocycles. The highest BCUT2D eigenvalue weighted by molar-refractivity contribution is 5.13. The second-order valence-corrected chi connectivity index (χ2v) is 4.72. The lowest BCUT2D eigenvalue weighted by Gasteiger charge is -2.28. The number of aliphatic hydroxyl groups is 1. The Morgan fingerprint density at radius 2 is 1.85 bits per heavy atom. The summed E-state index contributed by atoms with van der Waals surface area (Å²) in [7, 11) is 4.23. The van der Waals surface area contributed by atoms with Crippen molar-refractivity contribution in [2.45, 2.75) is 6.42 Å². The van der Waals surface area contributed by atoms with Crippen LogP contribution >= 0.6 is 0 Å². The number of fused-ring (bicyclic) bond motifs is 2. The number of hydrogen-bond acceptors (Lipinski definition) is 2. The monoisotopic (exact) mass is 181 g/mol. The smallest absolute Gasteiger partial charge is 0.0468 e. The zero-order valence-electron chi connectivity index (χ0n) is 8.48. The lowest BCUT2D eigenvalue weighted by Crippen LogP contribution is -2.32. The van der Waals surface area contributed by atoms with E-state index in [2.05, 4.69) is 31.1 Å². The summed E-state index contributed by atoms with van der Waals surface area (Å²) in [6, 6.07) is 0. The first-order valence-corrected chi connectivity index (χ1v) is 5.16. The van der Waals surface area contributed by atoms with Crippen molar-refractivity contribution >= 4 is 0 Å². The van der Waals surface area contributed by atoms with Crippen LogP contribution in [-0.4, -0.2) is 37.3 Å². The molecule has 0 aromatic rings. The van der Waals surface area contributed by atoms with Crippen molar-refractivity contribution in [3.8, 4) is 0 Å². The van der Waals surface area contributed by atoms with Crippen molar-refractivity contribution in [3.05, 3.63) is 12.2 Å². The fourth-order valence-corrected chi connectivity index (χ4v) is 2.99. The molecule has 0 radical (unpaired) electrons. The van der Waals surface area contributed by atoms with Crippen molar-refractivity contribution in [2.24, 2.45) is 23.7 Å². The third-order valence-electron chi connectivity index (χ3n) is 3.59. The molecule has 0 heterocycles. The molecule has 2 nitrogen and oxygen atoms in total. The zero-order chi connectivity index (χ0) is 9.42. The molecule has 2 aliphatic carbocycles. The van der Waals surface area contributed by atoms with E-state index in [9.17, 15) is 5.11 Å². The van der Waals surface area contributed by atoms with Gasteiger partial charge in [0.15, 0.2) is 0 Å². The van der Waals surface area contributed by atoms with E-state index >= 15 is 0 Å². The molecule has 2 aliphatic rings. The van der Waals surface area contributed by atoms with Gasteiger partial charge >= 0.3 is 0 Å². The first-order valence-electron chi connectivity index (χ1n) is 5.16. The fourth-order valence-electron chi connectivity index (χ4n) is 2.99. The Kier molecular flexibility index (Phi) is 2.43. The van der Waals surface area contributed by atoms with Crippen molar-refractivity contribution in [1.29, 1.82) is 0 Å². The van der Waals surface area contributed by atoms with Crippen LogP contribution < -0.4 is 0 Å². The molecule has 0 aromatic carbocycles. The van der Waals surface area contributed by atoms with Crippen LogP contribution in [-0.2, 0) is 0 Å². The second-order valence-electron chi connectivity index (χ2n) is 4.72. The van der Waals surface area contributed by atoms with E-state index in [0.717, 1.165) is 12.5 Å². The second kappa shape index (κ2) is 3.43. The molecule has 74 valence electrons. The van der Waals surface area contributed by atoms with E-state index in [4.69, 9.17) is 0 Å². The minimum atomic E-state index is 0.365. The highest BCUT2D eigenvalue weighted by atomic mass is 16.3. The maximum absolute atomic E-state index is 9.32. The average molecular weight is 181 g/mol. The maximum atomic E-state index is 9.32. The molecule has 0 aromatic heterocycles. The van der Waals surface area contributed by atoms with Crippen LogP contribution in [0.15, 0.2) is 12.2 Å². The van der Waals surface area contributed by atoms with Crippen molar-refractivity contribution in [2.75, 3.05) is 27.2 Å². The Balaban J connectivity index is 2.05. The molecule has 13 heavy (non-hydrogen) atoms. The normalized spacial score (nSPS) is 42.2. The van der Waals surface area contributed by atoms with E-state index < -0.39 is 0 Å². The fraction of sp³-hybridized carbons (Fsp3) is 0.818. The summed E-state index contributed by atoms with van der Waals surface area (Å²) >= 11 is 0. The van der Waals surface area contributed by atoms with E-state index in [0.29, 0.717) is 24.4 Å². The molecule has 2 heteroatoms. The van der Waals surface area contributed by atoms with Crippen LogP contribution in [0.1, 0.15) is 6.42 Å². The molecule has 0 aliphatic heterocycles. The van der Waals surface area contributed by atoms with Crippen LogP contribution in [0.3, 0.4) is 0 Å². The van der Waals surface area contributed by atoms with Gasteiger partial charge in [-0.05, 0) is 44.2 Å². The summed E-state index contributed by atoms with van der Waals surface area (Å²) in [5.74, 6) is 2.62. The van der Waals surface area contributed by atoms with Crippen molar-refractivity contribution < 1.29 is 5.11 Å². The van der Waals surface area contributed by atoms with Crippen LogP contribution in [0.25, 0.3) is 0 Å². The lowest BCUT2D eigenvalue weighted by atomic mass is 9.83. The highest BCUT2D eigenvalue weighted by Crippen LogP contribution is 2.47. The molecule has 1 fully saturated rings. The van der Waals surface area contributed by atoms with Gasteiger partial charge in [0.25, 0.3) is 0 Å². The molecule has 0 unspecified atom stereocenters. The predicted octanol–water partition coefficient (Wildman–Crippen LogP) is 0.979. The number of nitrogens with zero attached hydrogens (tertiary/aromatic N) is 1. The van der Waals surface area contributed by atoms with Crippen molar-refractivity contribution in [3.63, 3.8) is 0 Å². The third-order valence-corrected chi connectivity index (χ3v) is 3.59. The Bertz CT molecular complexity index is 212. The molecule has 0 saturated heterocycles. The topological polar surface area (TPSA) is 23.5 Å². The Morgan fingerprint density at radius 1 is 1.23 bits per heavy atom. The highest BCUT2D eigenvalue weighted by Gasteiger charge is 2.43. The first-order chi connectivity index (χ1) is 6.22. The van der Waals surface area contributed by atoms with Gasteiger partial charge in [0.05, 0.1) is 0 Å². The van der Waals surface area contributed by atoms with E-state index in [1.54, 1.807) is 0 Å². The summed E-state index contributed by atoms with van der Waals surface area (Å²) in [5, 5.41) is 9.32. The first kappa shape index (κ1) is 9.22. The number of rotatable bonds is 3. The zero-order valence-corrected chi connectivity index (χ0v) is 8.48. The summed E-state index contributed by atoms with van der Waals surface area (Å²) in [6.45, 7) is 1.49. The van der Waals surface area contributed by atoms with E-state index in [1.165, 1.54) is 6.42 Å². The van der Waals surface area contributed by atoms with Crippen molar-refractivity contribution in [1.82, 2.24) is 4.90 Å². The van der Waals surface area contributed by atoms with Crippen LogP contribution in [0, 0.1) is 23.7 Å². The van der Waals surface area contributed by atoms with Gasteiger partial charge in [-0.25, -0.2) is 0 Å². The van der Waals surface area contributed by atoms with E-state index in [1.807, 2.05) is 0 Å². The van der Waals surface area contributed by atoms with E-state index in [-0.39, 0.29) is 0 Å². The maximum Gasteiger partial charge on any atom is 0.0468 e. The standard InChI is InChI=1S/C11H19NO/c1-12(2)6-10-8-3-4-9(5-8)11(10)7-13/h3-4,8-11,13H,5-7H2,1-2H3/t8-,9+,10-,11-/m0/s1. The van der Waals surface area contributed by atoms with Gasteiger partial charge in [-0.15, -0.1) is 0 Å². The summed E-state index contributed by atoms with van der Waals surface area (Å²) in [6.07, 6.45) is 5.94. The molecule has 0 amide bonds. The SMILES string of the molecule is CN(C)C[C@@H]1[C@@H](CO)[C@@H]2C=C[C@H]1C2. The van der Waals surface area contributed by atoms with Crippen LogP contribution in [0.5, 0.6) is 0 Å². The molecule has 1 N–H and O–H groups in total.